The maximum Gasteiger partial charge on any atom is 0.242 e. The highest BCUT2D eigenvalue weighted by Gasteiger charge is 2.10. The van der Waals surface area contributed by atoms with E-state index in [1.54, 1.807) is 0 Å². The lowest BCUT2D eigenvalue weighted by atomic mass is 10.2. The summed E-state index contributed by atoms with van der Waals surface area (Å²) in [5.41, 5.74) is 2.54. The molecule has 0 N–H and O–H groups in total. The number of nitrogens with zero attached hydrogens (tertiary/aromatic N) is 2. The van der Waals surface area contributed by atoms with Crippen molar-refractivity contribution in [3.8, 4) is 0 Å². The minimum atomic E-state index is 0.907. The van der Waals surface area contributed by atoms with Gasteiger partial charge < -0.3 is 0 Å². The molecule has 0 spiro atoms. The van der Waals surface area contributed by atoms with Gasteiger partial charge in [0.25, 0.3) is 0 Å². The number of rotatable bonds is 5. The molecule has 2 aromatic rings. The molecule has 0 amide bonds. The third-order valence-corrected chi connectivity index (χ3v) is 2.79. The third-order valence-electron chi connectivity index (χ3n) is 2.79. The Hall–Kier alpha value is -2.22. The van der Waals surface area contributed by atoms with E-state index in [1.165, 1.54) is 11.1 Å². The summed E-state index contributed by atoms with van der Waals surface area (Å²) < 4.78 is 4.06. The van der Waals surface area contributed by atoms with E-state index in [1.807, 2.05) is 46.3 Å². The molecule has 2 aromatic heterocycles. The molecule has 0 bridgehead atoms. The molecule has 0 fully saturated rings. The standard InChI is InChI=1S/C16H18N2/c1-3-5-15-7-11-17(12-8-15)18-13-9-16(6-4-2)10-14-18/h3-4,7-14H,1-2,5-6H2/q+2. The zero-order chi connectivity index (χ0) is 12.8. The normalized spacial score (nSPS) is 10.0. The molecule has 2 rings (SSSR count). The van der Waals surface area contributed by atoms with Crippen LogP contribution in [0.3, 0.4) is 0 Å². The van der Waals surface area contributed by atoms with Gasteiger partial charge in [0.15, 0.2) is 0 Å². The van der Waals surface area contributed by atoms with Gasteiger partial charge in [-0.2, -0.15) is 0 Å². The minimum Gasteiger partial charge on any atom is -0.103 e. The van der Waals surface area contributed by atoms with Crippen molar-refractivity contribution in [2.75, 3.05) is 0 Å². The first-order valence-corrected chi connectivity index (χ1v) is 6.06. The summed E-state index contributed by atoms with van der Waals surface area (Å²) in [4.78, 5) is 0. The van der Waals surface area contributed by atoms with Crippen molar-refractivity contribution < 1.29 is 9.35 Å². The van der Waals surface area contributed by atoms with Crippen LogP contribution in [0.25, 0.3) is 0 Å². The predicted octanol–water partition coefficient (Wildman–Crippen LogP) is 2.03. The zero-order valence-corrected chi connectivity index (χ0v) is 10.5. The van der Waals surface area contributed by atoms with Gasteiger partial charge in [0.05, 0.1) is 9.35 Å². The monoisotopic (exact) mass is 238 g/mol. The van der Waals surface area contributed by atoms with Crippen LogP contribution in [0, 0.1) is 0 Å². The van der Waals surface area contributed by atoms with Crippen LogP contribution >= 0.6 is 0 Å². The van der Waals surface area contributed by atoms with Gasteiger partial charge in [-0.15, -0.1) is 13.2 Å². The summed E-state index contributed by atoms with van der Waals surface area (Å²) in [6, 6.07) is 8.41. The van der Waals surface area contributed by atoms with Crippen molar-refractivity contribution in [1.29, 1.82) is 0 Å². The van der Waals surface area contributed by atoms with Crippen LogP contribution < -0.4 is 9.35 Å². The second kappa shape index (κ2) is 5.92. The average Bonchev–Trinajstić information content (AvgIpc) is 2.41. The van der Waals surface area contributed by atoms with Crippen LogP contribution in [-0.2, 0) is 12.8 Å². The second-order valence-corrected chi connectivity index (χ2v) is 4.16. The van der Waals surface area contributed by atoms with Gasteiger partial charge in [0.1, 0.15) is 0 Å². The van der Waals surface area contributed by atoms with Crippen LogP contribution in [0.1, 0.15) is 11.1 Å². The molecule has 2 nitrogen and oxygen atoms in total. The molecule has 0 aliphatic rings. The molecule has 0 radical (unpaired) electrons. The van der Waals surface area contributed by atoms with Gasteiger partial charge in [-0.25, -0.2) is 0 Å². The fourth-order valence-electron chi connectivity index (χ4n) is 1.81. The highest BCUT2D eigenvalue weighted by Crippen LogP contribution is 1.97. The van der Waals surface area contributed by atoms with Crippen LogP contribution in [0.15, 0.2) is 74.4 Å². The Labute approximate surface area is 108 Å². The van der Waals surface area contributed by atoms with Crippen molar-refractivity contribution in [3.05, 3.63) is 85.5 Å². The average molecular weight is 238 g/mol. The molecule has 90 valence electrons. The van der Waals surface area contributed by atoms with Gasteiger partial charge in [0.2, 0.25) is 24.8 Å². The molecule has 2 heteroatoms. The van der Waals surface area contributed by atoms with E-state index in [2.05, 4.69) is 37.4 Å². The molecule has 0 saturated carbocycles. The van der Waals surface area contributed by atoms with Gasteiger partial charge in [-0.05, 0) is 24.0 Å². The Morgan fingerprint density at radius 2 is 1.06 bits per heavy atom. The summed E-state index contributed by atoms with van der Waals surface area (Å²) in [7, 11) is 0. The molecular formula is C16H18N2+2. The first-order chi connectivity index (χ1) is 8.83. The molecular weight excluding hydrogens is 220 g/mol. The van der Waals surface area contributed by atoms with Crippen molar-refractivity contribution in [3.63, 3.8) is 0 Å². The molecule has 2 heterocycles. The zero-order valence-electron chi connectivity index (χ0n) is 10.5. The second-order valence-electron chi connectivity index (χ2n) is 4.16. The first kappa shape index (κ1) is 12.2. The van der Waals surface area contributed by atoms with Crippen molar-refractivity contribution in [2.24, 2.45) is 0 Å². The lowest BCUT2D eigenvalue weighted by molar-refractivity contribution is -1.30. The maximum absolute atomic E-state index is 3.74. The minimum absolute atomic E-state index is 0.907. The molecule has 0 saturated heterocycles. The van der Waals surface area contributed by atoms with Crippen LogP contribution in [0.5, 0.6) is 0 Å². The number of aromatic nitrogens is 2. The van der Waals surface area contributed by atoms with Crippen LogP contribution in [0.4, 0.5) is 0 Å². The number of allylic oxidation sites excluding steroid dienone is 2. The van der Waals surface area contributed by atoms with E-state index < -0.39 is 0 Å². The summed E-state index contributed by atoms with van der Waals surface area (Å²) >= 11 is 0. The van der Waals surface area contributed by atoms with Gasteiger partial charge in [-0.3, -0.25) is 0 Å². The number of pyridine rings is 2. The predicted molar refractivity (Wildman–Crippen MR) is 71.9 cm³/mol. The van der Waals surface area contributed by atoms with E-state index in [4.69, 9.17) is 0 Å². The third kappa shape index (κ3) is 2.92. The SMILES string of the molecule is C=CCc1cc[n+](-[n+]2ccc(CC=C)cc2)cc1. The van der Waals surface area contributed by atoms with Crippen molar-refractivity contribution in [2.45, 2.75) is 12.8 Å². The molecule has 0 aliphatic heterocycles. The van der Waals surface area contributed by atoms with E-state index in [-0.39, 0.29) is 0 Å². The van der Waals surface area contributed by atoms with E-state index >= 15 is 0 Å². The Morgan fingerprint density at radius 3 is 1.33 bits per heavy atom. The number of hydrogen-bond donors (Lipinski definition) is 0. The Balaban J connectivity index is 2.19. The molecule has 0 unspecified atom stereocenters. The smallest absolute Gasteiger partial charge is 0.103 e. The lowest BCUT2D eigenvalue weighted by Gasteiger charge is -1.94. The van der Waals surface area contributed by atoms with Gasteiger partial charge in [-0.1, -0.05) is 12.2 Å². The Kier molecular flexibility index (Phi) is 4.02. The molecule has 0 aliphatic carbocycles. The van der Waals surface area contributed by atoms with E-state index in [9.17, 15) is 0 Å². The van der Waals surface area contributed by atoms with Crippen molar-refractivity contribution >= 4 is 0 Å². The molecule has 18 heavy (non-hydrogen) atoms. The fourth-order valence-corrected chi connectivity index (χ4v) is 1.81. The van der Waals surface area contributed by atoms with Crippen LogP contribution in [0.2, 0.25) is 0 Å². The fraction of sp³-hybridized carbons (Fsp3) is 0.125. The lowest BCUT2D eigenvalue weighted by Crippen LogP contribution is -2.65. The van der Waals surface area contributed by atoms with Gasteiger partial charge >= 0.3 is 0 Å². The van der Waals surface area contributed by atoms with Crippen LogP contribution in [-0.4, -0.2) is 0 Å². The Bertz CT molecular complexity index is 473. The van der Waals surface area contributed by atoms with Gasteiger partial charge in [0, 0.05) is 24.3 Å². The topological polar surface area (TPSA) is 7.76 Å². The van der Waals surface area contributed by atoms with E-state index in [0.717, 1.165) is 12.8 Å². The molecule has 0 atom stereocenters. The summed E-state index contributed by atoms with van der Waals surface area (Å²) in [5.74, 6) is 0. The first-order valence-electron chi connectivity index (χ1n) is 6.06. The summed E-state index contributed by atoms with van der Waals surface area (Å²) in [6.45, 7) is 7.49. The van der Waals surface area contributed by atoms with E-state index in [0.29, 0.717) is 0 Å². The quantitative estimate of drug-likeness (QED) is 0.556. The highest BCUT2D eigenvalue weighted by molar-refractivity contribution is 5.11. The molecule has 0 aromatic carbocycles. The maximum atomic E-state index is 3.74. The largest absolute Gasteiger partial charge is 0.242 e. The highest BCUT2D eigenvalue weighted by atomic mass is 15.4. The van der Waals surface area contributed by atoms with Crippen molar-refractivity contribution in [1.82, 2.24) is 0 Å². The number of hydrogen-bond acceptors (Lipinski definition) is 0. The summed E-state index contributed by atoms with van der Waals surface area (Å²) in [5, 5.41) is 0. The summed E-state index contributed by atoms with van der Waals surface area (Å²) in [6.07, 6.45) is 13.8. The Morgan fingerprint density at radius 1 is 0.722 bits per heavy atom.